The van der Waals surface area contributed by atoms with Crippen LogP contribution in [0.5, 0.6) is 0 Å². The van der Waals surface area contributed by atoms with Crippen LogP contribution in [-0.4, -0.2) is 20.1 Å². The van der Waals surface area contributed by atoms with Crippen molar-refractivity contribution < 1.29 is 4.79 Å². The number of carbonyl (C=O) groups is 1. The Morgan fingerprint density at radius 2 is 1.55 bits per heavy atom. The normalized spacial score (nSPS) is 11.7. The lowest BCUT2D eigenvalue weighted by atomic mass is 9.98. The molecule has 20 heavy (non-hydrogen) atoms. The van der Waals surface area contributed by atoms with Crippen LogP contribution in [0.4, 0.5) is 10.5 Å². The van der Waals surface area contributed by atoms with Gasteiger partial charge in [-0.25, -0.2) is 4.79 Å². The van der Waals surface area contributed by atoms with Crippen LogP contribution in [0.15, 0.2) is 54.6 Å². The minimum atomic E-state index is -0.532. The molecule has 0 fully saturated rings. The third-order valence-electron chi connectivity index (χ3n) is 3.16. The molecular weight excluding hydrogens is 250 g/mol. The van der Waals surface area contributed by atoms with Crippen molar-refractivity contribution in [2.24, 2.45) is 5.73 Å². The first kappa shape index (κ1) is 13.9. The number of carbonyl (C=O) groups excluding carboxylic acids is 1. The van der Waals surface area contributed by atoms with Crippen molar-refractivity contribution in [1.82, 2.24) is 5.32 Å². The fourth-order valence-electron chi connectivity index (χ4n) is 2.11. The number of anilines is 1. The third-order valence-corrected chi connectivity index (χ3v) is 3.16. The van der Waals surface area contributed by atoms with Gasteiger partial charge in [-0.1, -0.05) is 42.5 Å². The maximum absolute atomic E-state index is 11.2. The van der Waals surface area contributed by atoms with E-state index in [1.807, 2.05) is 73.6 Å². The molecule has 2 aromatic carbocycles. The van der Waals surface area contributed by atoms with Crippen LogP contribution in [0.1, 0.15) is 17.2 Å². The van der Waals surface area contributed by atoms with Crippen molar-refractivity contribution in [3.63, 3.8) is 0 Å². The molecule has 0 radical (unpaired) electrons. The minimum absolute atomic E-state index is 0.232. The van der Waals surface area contributed by atoms with Gasteiger partial charge in [-0.05, 0) is 23.3 Å². The number of hydrogen-bond donors (Lipinski definition) is 2. The Morgan fingerprint density at radius 1 is 1.00 bits per heavy atom. The SMILES string of the molecule is CN(C)c1ccc(C(NC(N)=O)c2ccccc2)cc1. The highest BCUT2D eigenvalue weighted by Crippen LogP contribution is 2.23. The number of nitrogens with one attached hydrogen (secondary N) is 1. The number of benzene rings is 2. The molecule has 4 nitrogen and oxygen atoms in total. The highest BCUT2D eigenvalue weighted by atomic mass is 16.2. The smallest absolute Gasteiger partial charge is 0.312 e. The number of hydrogen-bond acceptors (Lipinski definition) is 2. The first-order valence-corrected chi connectivity index (χ1v) is 6.46. The number of urea groups is 1. The zero-order valence-corrected chi connectivity index (χ0v) is 11.7. The predicted molar refractivity (Wildman–Crippen MR) is 81.8 cm³/mol. The van der Waals surface area contributed by atoms with E-state index in [1.165, 1.54) is 0 Å². The lowest BCUT2D eigenvalue weighted by molar-refractivity contribution is 0.247. The van der Waals surface area contributed by atoms with E-state index in [4.69, 9.17) is 5.73 Å². The van der Waals surface area contributed by atoms with Gasteiger partial charge in [0.05, 0.1) is 6.04 Å². The van der Waals surface area contributed by atoms with Crippen LogP contribution >= 0.6 is 0 Å². The molecule has 0 aliphatic heterocycles. The van der Waals surface area contributed by atoms with E-state index in [9.17, 15) is 4.79 Å². The quantitative estimate of drug-likeness (QED) is 0.896. The van der Waals surface area contributed by atoms with Crippen LogP contribution in [-0.2, 0) is 0 Å². The van der Waals surface area contributed by atoms with Gasteiger partial charge < -0.3 is 16.0 Å². The Labute approximate surface area is 119 Å². The van der Waals surface area contributed by atoms with Gasteiger partial charge in [-0.3, -0.25) is 0 Å². The molecule has 0 heterocycles. The summed E-state index contributed by atoms with van der Waals surface area (Å²) in [6, 6.07) is 17.1. The monoisotopic (exact) mass is 269 g/mol. The summed E-state index contributed by atoms with van der Waals surface area (Å²) in [5, 5.41) is 2.79. The molecule has 1 unspecified atom stereocenters. The van der Waals surface area contributed by atoms with E-state index in [1.54, 1.807) is 0 Å². The molecule has 0 spiro atoms. The maximum Gasteiger partial charge on any atom is 0.312 e. The van der Waals surface area contributed by atoms with Crippen molar-refractivity contribution in [3.8, 4) is 0 Å². The summed E-state index contributed by atoms with van der Waals surface area (Å²) in [4.78, 5) is 13.3. The summed E-state index contributed by atoms with van der Waals surface area (Å²) >= 11 is 0. The third kappa shape index (κ3) is 3.29. The predicted octanol–water partition coefficient (Wildman–Crippen LogP) is 2.51. The van der Waals surface area contributed by atoms with Gasteiger partial charge in [0, 0.05) is 19.8 Å². The van der Waals surface area contributed by atoms with E-state index in [0.717, 1.165) is 16.8 Å². The zero-order chi connectivity index (χ0) is 14.5. The van der Waals surface area contributed by atoms with E-state index in [-0.39, 0.29) is 6.04 Å². The number of primary amides is 1. The fraction of sp³-hybridized carbons (Fsp3) is 0.188. The van der Waals surface area contributed by atoms with Gasteiger partial charge in [-0.15, -0.1) is 0 Å². The molecule has 2 rings (SSSR count). The average molecular weight is 269 g/mol. The summed E-state index contributed by atoms with van der Waals surface area (Å²) in [6.45, 7) is 0. The lowest BCUT2D eigenvalue weighted by Gasteiger charge is -2.20. The summed E-state index contributed by atoms with van der Waals surface area (Å²) in [7, 11) is 3.98. The maximum atomic E-state index is 11.2. The zero-order valence-electron chi connectivity index (χ0n) is 11.7. The summed E-state index contributed by atoms with van der Waals surface area (Å²) in [5.41, 5.74) is 8.40. The van der Waals surface area contributed by atoms with E-state index in [2.05, 4.69) is 5.32 Å². The van der Waals surface area contributed by atoms with Crippen LogP contribution in [0.3, 0.4) is 0 Å². The van der Waals surface area contributed by atoms with E-state index in [0.29, 0.717) is 0 Å². The van der Waals surface area contributed by atoms with Crippen molar-refractivity contribution in [2.75, 3.05) is 19.0 Å². The largest absolute Gasteiger partial charge is 0.378 e. The molecule has 1 atom stereocenters. The van der Waals surface area contributed by atoms with Crippen LogP contribution < -0.4 is 16.0 Å². The van der Waals surface area contributed by atoms with Gasteiger partial charge in [0.2, 0.25) is 0 Å². The Hall–Kier alpha value is -2.49. The summed E-state index contributed by atoms with van der Waals surface area (Å²) < 4.78 is 0. The van der Waals surface area contributed by atoms with Crippen molar-refractivity contribution in [2.45, 2.75) is 6.04 Å². The number of rotatable bonds is 4. The second-order valence-corrected chi connectivity index (χ2v) is 4.84. The minimum Gasteiger partial charge on any atom is -0.378 e. The van der Waals surface area contributed by atoms with Crippen molar-refractivity contribution >= 4 is 11.7 Å². The van der Waals surface area contributed by atoms with Gasteiger partial charge in [0.25, 0.3) is 0 Å². The molecule has 104 valence electrons. The molecule has 0 saturated carbocycles. The van der Waals surface area contributed by atoms with Gasteiger partial charge in [-0.2, -0.15) is 0 Å². The highest BCUT2D eigenvalue weighted by molar-refractivity contribution is 5.73. The van der Waals surface area contributed by atoms with Crippen LogP contribution in [0.25, 0.3) is 0 Å². The molecule has 2 amide bonds. The molecule has 0 saturated heterocycles. The molecular formula is C16H19N3O. The average Bonchev–Trinajstić information content (AvgIpc) is 2.45. The number of amides is 2. The molecule has 3 N–H and O–H groups in total. The van der Waals surface area contributed by atoms with Crippen molar-refractivity contribution in [1.29, 1.82) is 0 Å². The van der Waals surface area contributed by atoms with E-state index < -0.39 is 6.03 Å². The number of nitrogens with two attached hydrogens (primary N) is 1. The Balaban J connectivity index is 2.34. The summed E-state index contributed by atoms with van der Waals surface area (Å²) in [6.07, 6.45) is 0. The van der Waals surface area contributed by atoms with Gasteiger partial charge in [0.15, 0.2) is 0 Å². The molecule has 0 aliphatic rings. The Morgan fingerprint density at radius 3 is 2.05 bits per heavy atom. The highest BCUT2D eigenvalue weighted by Gasteiger charge is 2.15. The second kappa shape index (κ2) is 6.10. The van der Waals surface area contributed by atoms with E-state index >= 15 is 0 Å². The first-order chi connectivity index (χ1) is 9.58. The molecule has 2 aromatic rings. The Kier molecular flexibility index (Phi) is 4.25. The molecule has 0 bridgehead atoms. The lowest BCUT2D eigenvalue weighted by Crippen LogP contribution is -2.33. The Bertz CT molecular complexity index is 564. The topological polar surface area (TPSA) is 58.4 Å². The number of nitrogens with zero attached hydrogens (tertiary/aromatic N) is 1. The standard InChI is InChI=1S/C16H19N3O/c1-19(2)14-10-8-13(9-11-14)15(18-16(17)20)12-6-4-3-5-7-12/h3-11,15H,1-2H3,(H3,17,18,20). The molecule has 0 aromatic heterocycles. The second-order valence-electron chi connectivity index (χ2n) is 4.84. The molecule has 0 aliphatic carbocycles. The first-order valence-electron chi connectivity index (χ1n) is 6.46. The molecule has 4 heteroatoms. The van der Waals surface area contributed by atoms with Gasteiger partial charge in [0.1, 0.15) is 0 Å². The van der Waals surface area contributed by atoms with Crippen molar-refractivity contribution in [3.05, 3.63) is 65.7 Å². The fourth-order valence-corrected chi connectivity index (χ4v) is 2.11. The summed E-state index contributed by atoms with van der Waals surface area (Å²) in [5.74, 6) is 0. The van der Waals surface area contributed by atoms with Gasteiger partial charge >= 0.3 is 6.03 Å². The van der Waals surface area contributed by atoms with Crippen LogP contribution in [0, 0.1) is 0 Å². The van der Waals surface area contributed by atoms with Crippen LogP contribution in [0.2, 0.25) is 0 Å².